The van der Waals surface area contributed by atoms with Gasteiger partial charge in [-0.25, -0.2) is 0 Å². The summed E-state index contributed by atoms with van der Waals surface area (Å²) < 4.78 is 5.18. The molecule has 0 spiro atoms. The van der Waals surface area contributed by atoms with Crippen LogP contribution in [0.25, 0.3) is 0 Å². The summed E-state index contributed by atoms with van der Waals surface area (Å²) in [5.74, 6) is 0. The number of β-amino-alcohol motifs (C(OH)–C–C–N with tert-alkyl or cyclic N) is 1. The highest BCUT2D eigenvalue weighted by Crippen LogP contribution is 2.18. The van der Waals surface area contributed by atoms with Gasteiger partial charge in [0.15, 0.2) is 0 Å². The Hall–Kier alpha value is -0.160. The van der Waals surface area contributed by atoms with Crippen molar-refractivity contribution in [3.63, 3.8) is 0 Å². The van der Waals surface area contributed by atoms with Crippen molar-refractivity contribution in [3.8, 4) is 0 Å². The largest absolute Gasteiger partial charge is 0.392 e. The Morgan fingerprint density at radius 3 is 2.69 bits per heavy atom. The van der Waals surface area contributed by atoms with Crippen LogP contribution >= 0.6 is 0 Å². The SMILES string of the molecule is OC1CCCN(C2COCC2O)C1. The lowest BCUT2D eigenvalue weighted by molar-refractivity contribution is 0.0156. The molecule has 0 aromatic rings. The van der Waals surface area contributed by atoms with Gasteiger partial charge in [-0.15, -0.1) is 0 Å². The third-order valence-electron chi connectivity index (χ3n) is 2.92. The van der Waals surface area contributed by atoms with Crippen molar-refractivity contribution in [3.05, 3.63) is 0 Å². The lowest BCUT2D eigenvalue weighted by atomic mass is 10.0. The molecule has 2 aliphatic heterocycles. The zero-order chi connectivity index (χ0) is 9.26. The zero-order valence-electron chi connectivity index (χ0n) is 7.72. The van der Waals surface area contributed by atoms with Crippen LogP contribution in [0.2, 0.25) is 0 Å². The first-order valence-electron chi connectivity index (χ1n) is 4.95. The van der Waals surface area contributed by atoms with Gasteiger partial charge in [-0.05, 0) is 19.4 Å². The number of rotatable bonds is 1. The van der Waals surface area contributed by atoms with Crippen molar-refractivity contribution in [2.45, 2.75) is 31.1 Å². The Balaban J connectivity index is 1.91. The van der Waals surface area contributed by atoms with E-state index in [-0.39, 0.29) is 18.2 Å². The van der Waals surface area contributed by atoms with E-state index in [0.29, 0.717) is 19.8 Å². The molecule has 2 saturated heterocycles. The van der Waals surface area contributed by atoms with Crippen LogP contribution in [0.5, 0.6) is 0 Å². The van der Waals surface area contributed by atoms with Gasteiger partial charge in [0.1, 0.15) is 0 Å². The van der Waals surface area contributed by atoms with Crippen LogP contribution < -0.4 is 0 Å². The Bertz CT molecular complexity index is 176. The highest BCUT2D eigenvalue weighted by molar-refractivity contribution is 4.86. The summed E-state index contributed by atoms with van der Waals surface area (Å²) >= 11 is 0. The molecule has 2 N–H and O–H groups in total. The van der Waals surface area contributed by atoms with Crippen LogP contribution in [0.4, 0.5) is 0 Å². The van der Waals surface area contributed by atoms with Crippen molar-refractivity contribution >= 4 is 0 Å². The molecule has 3 unspecified atom stereocenters. The minimum absolute atomic E-state index is 0.106. The molecule has 0 radical (unpaired) electrons. The first kappa shape index (κ1) is 9.40. The molecule has 0 aliphatic carbocycles. The van der Waals surface area contributed by atoms with Gasteiger partial charge in [-0.1, -0.05) is 0 Å². The van der Waals surface area contributed by atoms with E-state index in [1.54, 1.807) is 0 Å². The topological polar surface area (TPSA) is 52.9 Å². The summed E-state index contributed by atoms with van der Waals surface area (Å²) in [4.78, 5) is 2.14. The fourth-order valence-electron chi connectivity index (χ4n) is 2.16. The molecule has 2 fully saturated rings. The third kappa shape index (κ3) is 2.02. The number of hydrogen-bond acceptors (Lipinski definition) is 4. The summed E-state index contributed by atoms with van der Waals surface area (Å²) in [5.41, 5.74) is 0. The maximum atomic E-state index is 9.58. The van der Waals surface area contributed by atoms with Crippen molar-refractivity contribution in [2.24, 2.45) is 0 Å². The molecule has 0 aromatic heterocycles. The second-order valence-corrected chi connectivity index (χ2v) is 3.96. The summed E-state index contributed by atoms with van der Waals surface area (Å²) in [5, 5.41) is 19.0. The number of ether oxygens (including phenoxy) is 1. The fraction of sp³-hybridized carbons (Fsp3) is 1.00. The predicted molar refractivity (Wildman–Crippen MR) is 47.4 cm³/mol. The lowest BCUT2D eigenvalue weighted by Gasteiger charge is -2.35. The van der Waals surface area contributed by atoms with E-state index in [9.17, 15) is 10.2 Å². The van der Waals surface area contributed by atoms with Crippen molar-refractivity contribution in [1.82, 2.24) is 4.90 Å². The molecule has 13 heavy (non-hydrogen) atoms. The maximum Gasteiger partial charge on any atom is 0.0950 e. The first-order valence-corrected chi connectivity index (χ1v) is 4.95. The normalized spacial score (nSPS) is 42.5. The van der Waals surface area contributed by atoms with Crippen molar-refractivity contribution in [2.75, 3.05) is 26.3 Å². The fourth-order valence-corrected chi connectivity index (χ4v) is 2.16. The van der Waals surface area contributed by atoms with Crippen molar-refractivity contribution < 1.29 is 14.9 Å². The molecule has 3 atom stereocenters. The van der Waals surface area contributed by atoms with Crippen molar-refractivity contribution in [1.29, 1.82) is 0 Å². The van der Waals surface area contributed by atoms with Gasteiger partial charge in [-0.2, -0.15) is 0 Å². The lowest BCUT2D eigenvalue weighted by Crippen LogP contribution is -2.49. The van der Waals surface area contributed by atoms with Crippen LogP contribution in [-0.2, 0) is 4.74 Å². The molecule has 2 aliphatic rings. The van der Waals surface area contributed by atoms with Gasteiger partial charge < -0.3 is 14.9 Å². The van der Waals surface area contributed by atoms with Gasteiger partial charge in [-0.3, -0.25) is 4.90 Å². The second kappa shape index (κ2) is 3.92. The number of piperidine rings is 1. The van der Waals surface area contributed by atoms with E-state index in [2.05, 4.69) is 4.90 Å². The molecular formula is C9H17NO3. The minimum atomic E-state index is -0.370. The zero-order valence-corrected chi connectivity index (χ0v) is 7.72. The number of aliphatic hydroxyl groups excluding tert-OH is 2. The predicted octanol–water partition coefficient (Wildman–Crippen LogP) is -0.797. The summed E-state index contributed by atoms with van der Waals surface area (Å²) in [6.45, 7) is 2.71. The monoisotopic (exact) mass is 187 g/mol. The first-order chi connectivity index (χ1) is 6.27. The molecule has 4 heteroatoms. The standard InChI is InChI=1S/C9H17NO3/c11-7-2-1-3-10(4-7)8-5-13-6-9(8)12/h7-9,11-12H,1-6H2. The highest BCUT2D eigenvalue weighted by Gasteiger charge is 2.33. The molecule has 0 bridgehead atoms. The van der Waals surface area contributed by atoms with E-state index in [4.69, 9.17) is 4.74 Å². The molecular weight excluding hydrogens is 170 g/mol. The molecule has 0 aromatic carbocycles. The van der Waals surface area contributed by atoms with Crippen LogP contribution in [0.15, 0.2) is 0 Å². The van der Waals surface area contributed by atoms with Gasteiger partial charge in [0.2, 0.25) is 0 Å². The van der Waals surface area contributed by atoms with Crippen LogP contribution in [0.3, 0.4) is 0 Å². The Kier molecular flexibility index (Phi) is 2.83. The average molecular weight is 187 g/mol. The Morgan fingerprint density at radius 2 is 2.08 bits per heavy atom. The summed E-state index contributed by atoms with van der Waals surface area (Å²) in [7, 11) is 0. The van der Waals surface area contributed by atoms with E-state index in [1.165, 1.54) is 0 Å². The molecule has 2 rings (SSSR count). The quantitative estimate of drug-likeness (QED) is 0.564. The molecule has 4 nitrogen and oxygen atoms in total. The van der Waals surface area contributed by atoms with Gasteiger partial charge in [0, 0.05) is 6.54 Å². The second-order valence-electron chi connectivity index (χ2n) is 3.96. The molecule has 0 amide bonds. The van der Waals surface area contributed by atoms with Gasteiger partial charge >= 0.3 is 0 Å². The smallest absolute Gasteiger partial charge is 0.0950 e. The summed E-state index contributed by atoms with van der Waals surface area (Å²) in [6, 6.07) is 0.106. The van der Waals surface area contributed by atoms with Gasteiger partial charge in [0.05, 0.1) is 31.5 Å². The average Bonchev–Trinajstić information content (AvgIpc) is 2.51. The number of nitrogens with zero attached hydrogens (tertiary/aromatic N) is 1. The molecule has 76 valence electrons. The Morgan fingerprint density at radius 1 is 1.23 bits per heavy atom. The van der Waals surface area contributed by atoms with Gasteiger partial charge in [0.25, 0.3) is 0 Å². The number of hydrogen-bond donors (Lipinski definition) is 2. The number of likely N-dealkylation sites (tertiary alicyclic amines) is 1. The van der Waals surface area contributed by atoms with E-state index < -0.39 is 0 Å². The van der Waals surface area contributed by atoms with Crippen LogP contribution in [-0.4, -0.2) is 59.7 Å². The third-order valence-corrected chi connectivity index (χ3v) is 2.92. The maximum absolute atomic E-state index is 9.58. The van der Waals surface area contributed by atoms with Crippen LogP contribution in [0, 0.1) is 0 Å². The van der Waals surface area contributed by atoms with E-state index >= 15 is 0 Å². The van der Waals surface area contributed by atoms with Crippen LogP contribution in [0.1, 0.15) is 12.8 Å². The molecule has 2 heterocycles. The minimum Gasteiger partial charge on any atom is -0.392 e. The number of aliphatic hydroxyl groups is 2. The highest BCUT2D eigenvalue weighted by atomic mass is 16.5. The summed E-state index contributed by atoms with van der Waals surface area (Å²) in [6.07, 6.45) is 1.32. The van der Waals surface area contributed by atoms with E-state index in [1.807, 2.05) is 0 Å². The Labute approximate surface area is 78.1 Å². The van der Waals surface area contributed by atoms with E-state index in [0.717, 1.165) is 19.4 Å². The molecule has 0 saturated carbocycles.